The van der Waals surface area contributed by atoms with E-state index in [-0.39, 0.29) is 5.56 Å². The van der Waals surface area contributed by atoms with Crippen molar-refractivity contribution in [1.29, 1.82) is 5.26 Å². The third-order valence-corrected chi connectivity index (χ3v) is 3.91. The summed E-state index contributed by atoms with van der Waals surface area (Å²) >= 11 is 0. The van der Waals surface area contributed by atoms with Gasteiger partial charge in [-0.25, -0.2) is 9.78 Å². The van der Waals surface area contributed by atoms with Gasteiger partial charge in [0.2, 0.25) is 0 Å². The van der Waals surface area contributed by atoms with Gasteiger partial charge in [0, 0.05) is 12.4 Å². The van der Waals surface area contributed by atoms with Crippen molar-refractivity contribution in [3.63, 3.8) is 0 Å². The third-order valence-electron chi connectivity index (χ3n) is 3.91. The van der Waals surface area contributed by atoms with E-state index < -0.39 is 5.97 Å². The van der Waals surface area contributed by atoms with Crippen LogP contribution in [-0.4, -0.2) is 33.4 Å². The molecule has 0 unspecified atom stereocenters. The Labute approximate surface area is 155 Å². The van der Waals surface area contributed by atoms with Crippen molar-refractivity contribution in [1.82, 2.24) is 9.38 Å². The van der Waals surface area contributed by atoms with Gasteiger partial charge in [-0.05, 0) is 56.1 Å². The monoisotopic (exact) mass is 357 g/mol. The van der Waals surface area contributed by atoms with Gasteiger partial charge in [-0.15, -0.1) is 0 Å². The molecule has 0 fully saturated rings. The molecule has 0 radical (unpaired) electrons. The summed E-state index contributed by atoms with van der Waals surface area (Å²) in [7, 11) is 0. The lowest BCUT2D eigenvalue weighted by Crippen LogP contribution is -1.94. The normalized spacial score (nSPS) is 11.6. The van der Waals surface area contributed by atoms with E-state index in [2.05, 4.69) is 27.8 Å². The van der Waals surface area contributed by atoms with Crippen LogP contribution in [0.3, 0.4) is 0 Å². The number of carboxylic acid groups (broad SMARTS) is 1. The lowest BCUT2D eigenvalue weighted by Gasteiger charge is -2.03. The summed E-state index contributed by atoms with van der Waals surface area (Å²) < 4.78 is 1.84. The summed E-state index contributed by atoms with van der Waals surface area (Å²) in [6.07, 6.45) is 5.04. The Morgan fingerprint density at radius 2 is 2.07 bits per heavy atom. The highest BCUT2D eigenvalue weighted by Crippen LogP contribution is 2.22. The first kappa shape index (κ1) is 17.8. The molecule has 0 aliphatic carbocycles. The quantitative estimate of drug-likeness (QED) is 0.704. The maximum absolute atomic E-state index is 10.9. The predicted molar refractivity (Wildman–Crippen MR) is 104 cm³/mol. The molecule has 0 aliphatic heterocycles. The molecule has 1 aromatic carbocycles. The maximum Gasteiger partial charge on any atom is 0.335 e. The van der Waals surface area contributed by atoms with Crippen LogP contribution >= 0.6 is 0 Å². The van der Waals surface area contributed by atoms with Crippen molar-refractivity contribution < 1.29 is 9.90 Å². The number of rotatable bonds is 5. The van der Waals surface area contributed by atoms with Crippen LogP contribution in [0.5, 0.6) is 0 Å². The second-order valence-electron chi connectivity index (χ2n) is 5.64. The maximum atomic E-state index is 10.9. The van der Waals surface area contributed by atoms with Crippen LogP contribution in [0.2, 0.25) is 0 Å². The van der Waals surface area contributed by atoms with E-state index in [0.29, 0.717) is 22.6 Å². The van der Waals surface area contributed by atoms with Crippen molar-refractivity contribution in [3.8, 4) is 6.07 Å². The lowest BCUT2D eigenvalue weighted by atomic mass is 10.2. The Bertz CT molecular complexity index is 1130. The van der Waals surface area contributed by atoms with Crippen LogP contribution in [0.4, 0.5) is 5.69 Å². The molecule has 132 valence electrons. The molecular formula is C20H15N5O2. The van der Waals surface area contributed by atoms with Gasteiger partial charge in [-0.3, -0.25) is 14.4 Å². The molecule has 3 rings (SSSR count). The fraction of sp³-hybridized carbons (Fsp3) is 0.0500. The number of pyridine rings is 1. The van der Waals surface area contributed by atoms with E-state index in [4.69, 9.17) is 10.4 Å². The lowest BCUT2D eigenvalue weighted by molar-refractivity contribution is 0.0697. The van der Waals surface area contributed by atoms with E-state index in [9.17, 15) is 4.79 Å². The average molecular weight is 357 g/mol. The number of hydrogen-bond acceptors (Lipinski definition) is 5. The van der Waals surface area contributed by atoms with Gasteiger partial charge in [0.25, 0.3) is 0 Å². The molecule has 0 bridgehead atoms. The highest BCUT2D eigenvalue weighted by atomic mass is 16.4. The summed E-state index contributed by atoms with van der Waals surface area (Å²) in [5.74, 6) is -0.980. The number of allylic oxidation sites excluding steroid dienone is 1. The number of aryl methyl sites for hydroxylation is 1. The molecule has 0 amide bonds. The Morgan fingerprint density at radius 3 is 2.70 bits per heavy atom. The first-order valence-corrected chi connectivity index (χ1v) is 7.97. The number of fused-ring (bicyclic) bond motifs is 1. The fourth-order valence-corrected chi connectivity index (χ4v) is 2.63. The molecule has 7 heteroatoms. The Morgan fingerprint density at radius 1 is 1.33 bits per heavy atom. The Hall–Kier alpha value is -4.05. The van der Waals surface area contributed by atoms with E-state index >= 15 is 0 Å². The molecule has 0 saturated heterocycles. The number of nitrogens with zero attached hydrogens (tertiary/aromatic N) is 5. The molecule has 1 N–H and O–H groups in total. The summed E-state index contributed by atoms with van der Waals surface area (Å²) in [6.45, 7) is 5.47. The minimum absolute atomic E-state index is 0.205. The standard InChI is InChI=1S/C20H15N5O2/c1-13-19(25-10-8-14(12-21)11-18(25)24-13)17(22-2)7-9-23-16-5-3-15(4-6-16)20(26)27/h3-11H,2H2,1H3,(H,26,27)/b17-7-,23-9?. The van der Waals surface area contributed by atoms with E-state index in [1.165, 1.54) is 12.1 Å². The molecule has 3 aromatic rings. The first-order chi connectivity index (χ1) is 13.0. The summed E-state index contributed by atoms with van der Waals surface area (Å²) in [5, 5.41) is 17.9. The number of nitriles is 1. The van der Waals surface area contributed by atoms with Crippen molar-refractivity contribution >= 4 is 35.9 Å². The van der Waals surface area contributed by atoms with Crippen LogP contribution in [0, 0.1) is 18.3 Å². The van der Waals surface area contributed by atoms with Gasteiger partial charge < -0.3 is 5.11 Å². The Kier molecular flexibility index (Phi) is 4.90. The number of benzene rings is 1. The molecule has 2 heterocycles. The Balaban J connectivity index is 1.94. The van der Waals surface area contributed by atoms with Crippen LogP contribution < -0.4 is 0 Å². The largest absolute Gasteiger partial charge is 0.478 e. The predicted octanol–water partition coefficient (Wildman–Crippen LogP) is 3.66. The summed E-state index contributed by atoms with van der Waals surface area (Å²) in [4.78, 5) is 23.7. The number of aliphatic imine (C=N–C) groups is 2. The molecule has 2 aromatic heterocycles. The minimum Gasteiger partial charge on any atom is -0.478 e. The van der Waals surface area contributed by atoms with E-state index in [1.807, 2.05) is 11.3 Å². The number of aromatic nitrogens is 2. The van der Waals surface area contributed by atoms with Crippen molar-refractivity contribution in [2.24, 2.45) is 9.98 Å². The highest BCUT2D eigenvalue weighted by molar-refractivity contribution is 5.89. The van der Waals surface area contributed by atoms with Gasteiger partial charge in [0.05, 0.1) is 40.0 Å². The smallest absolute Gasteiger partial charge is 0.335 e. The summed E-state index contributed by atoms with van der Waals surface area (Å²) in [6, 6.07) is 11.7. The molecule has 27 heavy (non-hydrogen) atoms. The molecular weight excluding hydrogens is 342 g/mol. The van der Waals surface area contributed by atoms with Gasteiger partial charge in [-0.1, -0.05) is 0 Å². The van der Waals surface area contributed by atoms with Gasteiger partial charge in [-0.2, -0.15) is 5.26 Å². The molecule has 0 saturated carbocycles. The molecule has 0 aliphatic rings. The summed E-state index contributed by atoms with van der Waals surface area (Å²) in [5.41, 5.74) is 4.10. The van der Waals surface area contributed by atoms with E-state index in [1.54, 1.807) is 42.8 Å². The zero-order valence-corrected chi connectivity index (χ0v) is 14.5. The highest BCUT2D eigenvalue weighted by Gasteiger charge is 2.12. The van der Waals surface area contributed by atoms with Crippen LogP contribution in [0.1, 0.15) is 27.3 Å². The molecule has 0 spiro atoms. The number of hydrogen-bond donors (Lipinski definition) is 1. The number of carbonyl (C=O) groups is 1. The number of imidazole rings is 1. The molecule has 7 nitrogen and oxygen atoms in total. The van der Waals surface area contributed by atoms with E-state index in [0.717, 1.165) is 11.4 Å². The molecule has 0 atom stereocenters. The van der Waals surface area contributed by atoms with Gasteiger partial charge in [0.1, 0.15) is 5.65 Å². The zero-order chi connectivity index (χ0) is 19.4. The van der Waals surface area contributed by atoms with Crippen molar-refractivity contribution in [3.05, 3.63) is 71.2 Å². The van der Waals surface area contributed by atoms with Crippen molar-refractivity contribution in [2.75, 3.05) is 0 Å². The van der Waals surface area contributed by atoms with Gasteiger partial charge in [0.15, 0.2) is 0 Å². The zero-order valence-electron chi connectivity index (χ0n) is 14.5. The second kappa shape index (κ2) is 7.45. The number of aromatic carboxylic acids is 1. The average Bonchev–Trinajstić information content (AvgIpc) is 3.00. The third kappa shape index (κ3) is 3.65. The number of carboxylic acids is 1. The SMILES string of the molecule is C=N/C(=C\C=Nc1ccc(C(=O)O)cc1)c1c(C)nc2cc(C#N)ccn12. The van der Waals surface area contributed by atoms with Crippen LogP contribution in [0.15, 0.2) is 58.7 Å². The first-order valence-electron chi connectivity index (χ1n) is 7.97. The van der Waals surface area contributed by atoms with Crippen LogP contribution in [-0.2, 0) is 0 Å². The second-order valence-corrected chi connectivity index (χ2v) is 5.64. The van der Waals surface area contributed by atoms with Crippen molar-refractivity contribution in [2.45, 2.75) is 6.92 Å². The van der Waals surface area contributed by atoms with Gasteiger partial charge >= 0.3 is 5.97 Å². The minimum atomic E-state index is -0.980. The fourth-order valence-electron chi connectivity index (χ4n) is 2.63. The van der Waals surface area contributed by atoms with Crippen LogP contribution in [0.25, 0.3) is 11.3 Å². The topological polar surface area (TPSA) is 103 Å².